The predicted molar refractivity (Wildman–Crippen MR) is 175 cm³/mol. The maximum Gasteiger partial charge on any atom is 0.271 e. The Morgan fingerprint density at radius 3 is 2.53 bits per heavy atom. The first kappa shape index (κ1) is 27.6. The van der Waals surface area contributed by atoms with Gasteiger partial charge in [0.15, 0.2) is 16.3 Å². The van der Waals surface area contributed by atoms with Gasteiger partial charge in [0, 0.05) is 10.0 Å². The number of rotatable bonds is 7. The van der Waals surface area contributed by atoms with Crippen LogP contribution in [0, 0.1) is 0 Å². The Bertz CT molecular complexity index is 2030. The van der Waals surface area contributed by atoms with E-state index >= 15 is 0 Å². The van der Waals surface area contributed by atoms with Gasteiger partial charge in [0.25, 0.3) is 5.56 Å². The first-order valence-electron chi connectivity index (χ1n) is 14.4. The monoisotopic (exact) mass is 648 g/mol. The summed E-state index contributed by atoms with van der Waals surface area (Å²) in [5, 5.41) is 0. The maximum atomic E-state index is 14.1. The number of aromatic nitrogens is 1. The third kappa shape index (κ3) is 5.39. The third-order valence-corrected chi connectivity index (χ3v) is 9.37. The van der Waals surface area contributed by atoms with E-state index in [-0.39, 0.29) is 11.6 Å². The topological polar surface area (TPSA) is 52.8 Å². The van der Waals surface area contributed by atoms with E-state index in [1.165, 1.54) is 22.5 Å². The summed E-state index contributed by atoms with van der Waals surface area (Å²) < 4.78 is 15.6. The molecule has 2 aliphatic rings. The van der Waals surface area contributed by atoms with Crippen molar-refractivity contribution in [2.24, 2.45) is 4.99 Å². The lowest BCUT2D eigenvalue weighted by Crippen LogP contribution is -2.38. The average Bonchev–Trinajstić information content (AvgIpc) is 3.34. The summed E-state index contributed by atoms with van der Waals surface area (Å²) in [6, 6.07) is 32.4. The molecule has 0 saturated heterocycles. The molecule has 0 unspecified atom stereocenters. The predicted octanol–water partition coefficient (Wildman–Crippen LogP) is 7.06. The minimum Gasteiger partial charge on any atom is -0.490 e. The molecule has 5 nitrogen and oxygen atoms in total. The molecular weight excluding hydrogens is 620 g/mol. The maximum absolute atomic E-state index is 14.1. The summed E-state index contributed by atoms with van der Waals surface area (Å²) in [6.45, 7) is 2.91. The van der Waals surface area contributed by atoms with Gasteiger partial charge >= 0.3 is 0 Å². The van der Waals surface area contributed by atoms with E-state index in [1.54, 1.807) is 0 Å². The molecule has 0 N–H and O–H groups in total. The number of aryl methyl sites for hydroxylation is 1. The fourth-order valence-electron chi connectivity index (χ4n) is 5.86. The summed E-state index contributed by atoms with van der Waals surface area (Å²) in [5.74, 6) is 1.32. The molecule has 214 valence electrons. The van der Waals surface area contributed by atoms with Crippen LogP contribution < -0.4 is 24.4 Å². The van der Waals surface area contributed by atoms with Crippen molar-refractivity contribution in [3.05, 3.63) is 155 Å². The molecule has 0 spiro atoms. The highest BCUT2D eigenvalue weighted by Crippen LogP contribution is 2.41. The molecule has 1 aromatic heterocycles. The van der Waals surface area contributed by atoms with Crippen molar-refractivity contribution in [3.8, 4) is 11.5 Å². The molecule has 7 rings (SSSR count). The molecule has 43 heavy (non-hydrogen) atoms. The number of fused-ring (bicyclic) bond motifs is 3. The van der Waals surface area contributed by atoms with Crippen LogP contribution in [0.15, 0.2) is 117 Å². The van der Waals surface area contributed by atoms with E-state index in [9.17, 15) is 4.79 Å². The van der Waals surface area contributed by atoms with Crippen LogP contribution in [0.1, 0.15) is 47.2 Å². The van der Waals surface area contributed by atoms with Crippen LogP contribution in [0.25, 0.3) is 11.8 Å². The Balaban J connectivity index is 1.32. The summed E-state index contributed by atoms with van der Waals surface area (Å²) in [5.41, 5.74) is 7.66. The second kappa shape index (κ2) is 11.8. The van der Waals surface area contributed by atoms with E-state index < -0.39 is 0 Å². The minimum absolute atomic E-state index is 0.0376. The van der Waals surface area contributed by atoms with Crippen LogP contribution in [-0.4, -0.2) is 11.2 Å². The largest absolute Gasteiger partial charge is 0.490 e. The van der Waals surface area contributed by atoms with Crippen LogP contribution in [-0.2, 0) is 13.0 Å². The van der Waals surface area contributed by atoms with E-state index in [0.29, 0.717) is 34.0 Å². The molecule has 1 aliphatic carbocycles. The van der Waals surface area contributed by atoms with Gasteiger partial charge in [-0.05, 0) is 77.9 Å². The van der Waals surface area contributed by atoms with Crippen molar-refractivity contribution in [2.45, 2.75) is 32.4 Å². The standard InChI is InChI=1S/C36H29BrN2O3S/c1-2-41-31-20-24(12-19-30(31)42-22-23-8-4-3-5-9-23)21-32-35(40)39-34(26-13-16-27(37)17-14-26)29-18-15-25-10-6-7-11-28(25)33(29)38-36(39)43-32/h3-14,16-17,19-21,34H,2,15,18,22H2,1H3/b32-21+/t34-/m1/s1. The zero-order chi connectivity index (χ0) is 29.3. The lowest BCUT2D eigenvalue weighted by atomic mass is 9.83. The van der Waals surface area contributed by atoms with E-state index in [1.807, 2.05) is 78.2 Å². The molecule has 0 bridgehead atoms. The number of halogens is 1. The molecule has 0 radical (unpaired) electrons. The molecule has 2 heterocycles. The van der Waals surface area contributed by atoms with Crippen LogP contribution in [0.2, 0.25) is 0 Å². The Hall–Kier alpha value is -4.20. The molecule has 0 saturated carbocycles. The Labute approximate surface area is 262 Å². The molecule has 7 heteroatoms. The second-order valence-corrected chi connectivity index (χ2v) is 12.5. The number of hydrogen-bond donors (Lipinski definition) is 0. The number of benzene rings is 4. The molecule has 1 aliphatic heterocycles. The van der Waals surface area contributed by atoms with Crippen molar-refractivity contribution in [3.63, 3.8) is 0 Å². The number of ether oxygens (including phenoxy) is 2. The van der Waals surface area contributed by atoms with Crippen LogP contribution in [0.3, 0.4) is 0 Å². The van der Waals surface area contributed by atoms with E-state index in [2.05, 4.69) is 52.3 Å². The third-order valence-electron chi connectivity index (χ3n) is 7.86. The summed E-state index contributed by atoms with van der Waals surface area (Å²) in [4.78, 5) is 20.0. The van der Waals surface area contributed by atoms with Crippen LogP contribution >= 0.6 is 27.3 Å². The summed E-state index contributed by atoms with van der Waals surface area (Å²) in [7, 11) is 0. The van der Waals surface area contributed by atoms with Gasteiger partial charge < -0.3 is 9.47 Å². The van der Waals surface area contributed by atoms with Crippen molar-refractivity contribution in [1.82, 2.24) is 4.57 Å². The minimum atomic E-state index is -0.206. The van der Waals surface area contributed by atoms with Gasteiger partial charge in [0.1, 0.15) is 6.61 Å². The molecule has 0 fully saturated rings. The molecule has 1 atom stereocenters. The second-order valence-electron chi connectivity index (χ2n) is 10.6. The van der Waals surface area contributed by atoms with Crippen LogP contribution in [0.5, 0.6) is 11.5 Å². The normalized spacial score (nSPS) is 15.8. The highest BCUT2D eigenvalue weighted by Gasteiger charge is 2.32. The van der Waals surface area contributed by atoms with Crippen molar-refractivity contribution < 1.29 is 9.47 Å². The lowest BCUT2D eigenvalue weighted by molar-refractivity contribution is 0.269. The Morgan fingerprint density at radius 2 is 1.72 bits per heavy atom. The average molecular weight is 650 g/mol. The number of thiazole rings is 1. The molecular formula is C36H29BrN2O3S. The lowest BCUT2D eigenvalue weighted by Gasteiger charge is -2.30. The summed E-state index contributed by atoms with van der Waals surface area (Å²) >= 11 is 5.00. The van der Waals surface area contributed by atoms with Crippen molar-refractivity contribution in [1.29, 1.82) is 0 Å². The fourth-order valence-corrected chi connectivity index (χ4v) is 7.12. The van der Waals surface area contributed by atoms with Gasteiger partial charge in [-0.1, -0.05) is 100 Å². The number of hydrogen-bond acceptors (Lipinski definition) is 5. The van der Waals surface area contributed by atoms with Gasteiger partial charge in [-0.15, -0.1) is 0 Å². The number of nitrogens with zero attached hydrogens (tertiary/aromatic N) is 2. The smallest absolute Gasteiger partial charge is 0.271 e. The van der Waals surface area contributed by atoms with Gasteiger partial charge in [-0.2, -0.15) is 0 Å². The van der Waals surface area contributed by atoms with Gasteiger partial charge in [-0.25, -0.2) is 4.99 Å². The first-order valence-corrected chi connectivity index (χ1v) is 16.0. The molecule has 4 aromatic carbocycles. The van der Waals surface area contributed by atoms with Crippen LogP contribution in [0.4, 0.5) is 0 Å². The Kier molecular flexibility index (Phi) is 7.59. The van der Waals surface area contributed by atoms with E-state index in [4.69, 9.17) is 14.5 Å². The summed E-state index contributed by atoms with van der Waals surface area (Å²) in [6.07, 6.45) is 3.73. The fraction of sp³-hybridized carbons (Fsp3) is 0.167. The van der Waals surface area contributed by atoms with Crippen molar-refractivity contribution in [2.75, 3.05) is 6.61 Å². The zero-order valence-electron chi connectivity index (χ0n) is 23.6. The van der Waals surface area contributed by atoms with Gasteiger partial charge in [0.05, 0.1) is 22.9 Å². The van der Waals surface area contributed by atoms with Gasteiger partial charge in [-0.3, -0.25) is 9.36 Å². The number of allylic oxidation sites excluding steroid dienone is 1. The SMILES string of the molecule is CCOc1cc(/C=c2/sc3n(c2=O)[C@H](c2ccc(Br)cc2)C2=C(N=3)c3ccccc3CC2)ccc1OCc1ccccc1. The Morgan fingerprint density at radius 1 is 0.930 bits per heavy atom. The highest BCUT2D eigenvalue weighted by molar-refractivity contribution is 9.10. The first-order chi connectivity index (χ1) is 21.1. The van der Waals surface area contributed by atoms with Gasteiger partial charge in [0.2, 0.25) is 0 Å². The van der Waals surface area contributed by atoms with E-state index in [0.717, 1.165) is 45.3 Å². The quantitative estimate of drug-likeness (QED) is 0.190. The molecule has 0 amide bonds. The van der Waals surface area contributed by atoms with Crippen molar-refractivity contribution >= 4 is 39.0 Å². The zero-order valence-corrected chi connectivity index (χ0v) is 26.0. The molecule has 5 aromatic rings. The highest BCUT2D eigenvalue weighted by atomic mass is 79.9.